The minimum Gasteiger partial charge on any atom is -0.207 e. The molecule has 0 bridgehead atoms. The molecule has 0 saturated carbocycles. The largest absolute Gasteiger partial charge is 0.207 e. The molecule has 0 spiro atoms. The van der Waals surface area contributed by atoms with Gasteiger partial charge in [-0.15, -0.1) is 11.3 Å². The summed E-state index contributed by atoms with van der Waals surface area (Å²) in [5.74, 6) is -0.173. The molecular formula is C8H3BrFIS. The standard InChI is InChI=1S/C8H3BrFIS/c9-7-5-2-1-4(10)3-6(5)12-8(7)11/h1-3H. The molecule has 0 aliphatic heterocycles. The summed E-state index contributed by atoms with van der Waals surface area (Å²) in [7, 11) is 0. The van der Waals surface area contributed by atoms with Gasteiger partial charge in [-0.3, -0.25) is 0 Å². The van der Waals surface area contributed by atoms with Crippen molar-refractivity contribution in [2.45, 2.75) is 0 Å². The van der Waals surface area contributed by atoms with E-state index in [9.17, 15) is 4.39 Å². The molecule has 0 aliphatic carbocycles. The lowest BCUT2D eigenvalue weighted by Crippen LogP contribution is -1.69. The lowest BCUT2D eigenvalue weighted by atomic mass is 10.3. The van der Waals surface area contributed by atoms with E-state index in [2.05, 4.69) is 38.5 Å². The van der Waals surface area contributed by atoms with Crippen LogP contribution in [0.4, 0.5) is 4.39 Å². The zero-order valence-corrected chi connectivity index (χ0v) is 10.3. The van der Waals surface area contributed by atoms with Crippen LogP contribution in [-0.2, 0) is 0 Å². The summed E-state index contributed by atoms with van der Waals surface area (Å²) in [5, 5.41) is 1.09. The van der Waals surface area contributed by atoms with Crippen LogP contribution >= 0.6 is 49.9 Å². The molecule has 1 aromatic carbocycles. The minimum absolute atomic E-state index is 0.173. The van der Waals surface area contributed by atoms with Gasteiger partial charge in [-0.25, -0.2) is 4.39 Å². The highest BCUT2D eigenvalue weighted by Gasteiger charge is 2.07. The van der Waals surface area contributed by atoms with Gasteiger partial charge in [-0.2, -0.15) is 0 Å². The quantitative estimate of drug-likeness (QED) is 0.613. The molecule has 0 fully saturated rings. The van der Waals surface area contributed by atoms with E-state index in [1.807, 2.05) is 0 Å². The normalized spacial score (nSPS) is 10.9. The van der Waals surface area contributed by atoms with E-state index in [0.29, 0.717) is 0 Å². The third kappa shape index (κ3) is 1.40. The Bertz CT molecular complexity index is 438. The Morgan fingerprint density at radius 1 is 1.42 bits per heavy atom. The van der Waals surface area contributed by atoms with Gasteiger partial charge in [0, 0.05) is 14.6 Å². The molecule has 1 heterocycles. The molecule has 62 valence electrons. The van der Waals surface area contributed by atoms with Crippen molar-refractivity contribution < 1.29 is 4.39 Å². The molecule has 2 aromatic rings. The van der Waals surface area contributed by atoms with E-state index in [0.717, 1.165) is 17.4 Å². The van der Waals surface area contributed by atoms with Crippen molar-refractivity contribution in [3.05, 3.63) is 31.4 Å². The van der Waals surface area contributed by atoms with Crippen LogP contribution < -0.4 is 0 Å². The second-order valence-electron chi connectivity index (χ2n) is 2.33. The molecule has 0 unspecified atom stereocenters. The fraction of sp³-hybridized carbons (Fsp3) is 0. The lowest BCUT2D eigenvalue weighted by molar-refractivity contribution is 0.630. The molecular weight excluding hydrogens is 354 g/mol. The van der Waals surface area contributed by atoms with Crippen molar-refractivity contribution in [3.8, 4) is 0 Å². The first-order chi connectivity index (χ1) is 5.68. The molecule has 2 rings (SSSR count). The third-order valence-electron chi connectivity index (χ3n) is 1.55. The first-order valence-electron chi connectivity index (χ1n) is 3.21. The lowest BCUT2D eigenvalue weighted by Gasteiger charge is -1.89. The molecule has 0 nitrogen and oxygen atoms in total. The van der Waals surface area contributed by atoms with Gasteiger partial charge >= 0.3 is 0 Å². The van der Waals surface area contributed by atoms with Crippen LogP contribution in [0.5, 0.6) is 0 Å². The van der Waals surface area contributed by atoms with Crippen LogP contribution in [-0.4, -0.2) is 0 Å². The van der Waals surface area contributed by atoms with Crippen LogP contribution in [0.25, 0.3) is 10.1 Å². The molecule has 0 radical (unpaired) electrons. The maximum atomic E-state index is 12.8. The van der Waals surface area contributed by atoms with Gasteiger partial charge in [0.05, 0.1) is 2.88 Å². The van der Waals surface area contributed by atoms with Gasteiger partial charge in [0.2, 0.25) is 0 Å². The van der Waals surface area contributed by atoms with E-state index < -0.39 is 0 Å². The Labute approximate surface area is 95.0 Å². The predicted molar refractivity (Wildman–Crippen MR) is 62.2 cm³/mol. The van der Waals surface area contributed by atoms with Crippen LogP contribution in [0.15, 0.2) is 22.7 Å². The van der Waals surface area contributed by atoms with Crippen LogP contribution in [0.2, 0.25) is 0 Å². The van der Waals surface area contributed by atoms with Crippen LogP contribution in [0.3, 0.4) is 0 Å². The molecule has 12 heavy (non-hydrogen) atoms. The van der Waals surface area contributed by atoms with Crippen molar-refractivity contribution in [1.82, 2.24) is 0 Å². The van der Waals surface area contributed by atoms with Gasteiger partial charge in [0.25, 0.3) is 0 Å². The minimum atomic E-state index is -0.173. The highest BCUT2D eigenvalue weighted by molar-refractivity contribution is 14.1. The van der Waals surface area contributed by atoms with E-state index >= 15 is 0 Å². The van der Waals surface area contributed by atoms with Crippen molar-refractivity contribution >= 4 is 59.9 Å². The molecule has 4 heteroatoms. The van der Waals surface area contributed by atoms with E-state index in [-0.39, 0.29) is 5.82 Å². The third-order valence-corrected chi connectivity index (χ3v) is 5.52. The zero-order valence-electron chi connectivity index (χ0n) is 5.77. The first kappa shape index (κ1) is 8.90. The second-order valence-corrected chi connectivity index (χ2v) is 5.99. The molecule has 0 N–H and O–H groups in total. The maximum Gasteiger partial charge on any atom is 0.124 e. The van der Waals surface area contributed by atoms with Gasteiger partial charge in [0.1, 0.15) is 5.82 Å². The SMILES string of the molecule is Fc1ccc2c(Br)c(I)sc2c1. The molecule has 0 aliphatic rings. The van der Waals surface area contributed by atoms with Crippen LogP contribution in [0.1, 0.15) is 0 Å². The average molecular weight is 357 g/mol. The molecule has 0 atom stereocenters. The van der Waals surface area contributed by atoms with E-state index in [1.54, 1.807) is 23.5 Å². The Kier molecular flexibility index (Phi) is 2.39. The zero-order chi connectivity index (χ0) is 8.72. The molecule has 0 amide bonds. The number of hydrogen-bond acceptors (Lipinski definition) is 1. The predicted octanol–water partition coefficient (Wildman–Crippen LogP) is 4.41. The number of thiophene rings is 1. The van der Waals surface area contributed by atoms with Gasteiger partial charge in [0.15, 0.2) is 0 Å². The summed E-state index contributed by atoms with van der Waals surface area (Å²) in [6.07, 6.45) is 0. The van der Waals surface area contributed by atoms with Crippen molar-refractivity contribution in [1.29, 1.82) is 0 Å². The maximum absolute atomic E-state index is 12.8. The topological polar surface area (TPSA) is 0 Å². The summed E-state index contributed by atoms with van der Waals surface area (Å²) >= 11 is 7.29. The number of benzene rings is 1. The fourth-order valence-electron chi connectivity index (χ4n) is 1.01. The Balaban J connectivity index is 2.87. The first-order valence-corrected chi connectivity index (χ1v) is 5.90. The second kappa shape index (κ2) is 3.23. The number of rotatable bonds is 0. The summed E-state index contributed by atoms with van der Waals surface area (Å²) in [6.45, 7) is 0. The van der Waals surface area contributed by atoms with E-state index in [4.69, 9.17) is 0 Å². The summed E-state index contributed by atoms with van der Waals surface area (Å²) in [5.41, 5.74) is 0. The molecule has 1 aromatic heterocycles. The summed E-state index contributed by atoms with van der Waals surface area (Å²) in [6, 6.07) is 4.84. The number of halogens is 3. The average Bonchev–Trinajstić information content (AvgIpc) is 2.28. The van der Waals surface area contributed by atoms with E-state index in [1.165, 1.54) is 6.07 Å². The Hall–Kier alpha value is 0.320. The Morgan fingerprint density at radius 3 is 2.92 bits per heavy atom. The molecule has 0 saturated heterocycles. The van der Waals surface area contributed by atoms with Crippen molar-refractivity contribution in [2.24, 2.45) is 0 Å². The summed E-state index contributed by atoms with van der Waals surface area (Å²) in [4.78, 5) is 0. The van der Waals surface area contributed by atoms with Crippen LogP contribution in [0, 0.1) is 8.70 Å². The number of hydrogen-bond donors (Lipinski definition) is 0. The highest BCUT2D eigenvalue weighted by atomic mass is 127. The Morgan fingerprint density at radius 2 is 2.17 bits per heavy atom. The fourth-order valence-corrected chi connectivity index (χ4v) is 3.58. The monoisotopic (exact) mass is 356 g/mol. The summed E-state index contributed by atoms with van der Waals surface area (Å²) < 4.78 is 16.0. The smallest absolute Gasteiger partial charge is 0.124 e. The van der Waals surface area contributed by atoms with Gasteiger partial charge in [-0.1, -0.05) is 0 Å². The number of fused-ring (bicyclic) bond motifs is 1. The highest BCUT2D eigenvalue weighted by Crippen LogP contribution is 2.36. The van der Waals surface area contributed by atoms with Crippen molar-refractivity contribution in [3.63, 3.8) is 0 Å². The van der Waals surface area contributed by atoms with Gasteiger partial charge < -0.3 is 0 Å². The van der Waals surface area contributed by atoms with Gasteiger partial charge in [-0.05, 0) is 56.7 Å². The van der Waals surface area contributed by atoms with Crippen molar-refractivity contribution in [2.75, 3.05) is 0 Å².